The van der Waals surface area contributed by atoms with Crippen molar-refractivity contribution in [1.82, 2.24) is 3.26 Å². The van der Waals surface area contributed by atoms with Crippen LogP contribution in [0.1, 0.15) is 30.7 Å². The van der Waals surface area contributed by atoms with Crippen molar-refractivity contribution < 1.29 is 50.8 Å². The van der Waals surface area contributed by atoms with Gasteiger partial charge in [0.25, 0.3) is 0 Å². The molecule has 0 heterocycles. The molecule has 0 aliphatic heterocycles. The molecule has 1 aliphatic rings. The molecule has 0 aromatic heterocycles. The Balaban J connectivity index is 0.00000171. The summed E-state index contributed by atoms with van der Waals surface area (Å²) in [5, 5.41) is 2.83. The maximum atomic E-state index is 13.6. The Morgan fingerprint density at radius 1 is 0.771 bits per heavy atom. The van der Waals surface area contributed by atoms with E-state index in [1.807, 2.05) is 31.2 Å². The molecule has 0 bridgehead atoms. The van der Waals surface area contributed by atoms with Crippen molar-refractivity contribution in [1.29, 1.82) is 0 Å². The fraction of sp³-hybridized carbons (Fsp3) is 0.0690. The summed E-state index contributed by atoms with van der Waals surface area (Å²) in [6.07, 6.45) is 4.61. The third-order valence-electron chi connectivity index (χ3n) is 6.25. The molecule has 0 radical (unpaired) electrons. The normalized spacial score (nSPS) is 13.4. The van der Waals surface area contributed by atoms with Crippen LogP contribution in [0.4, 0.5) is 0 Å². The van der Waals surface area contributed by atoms with Gasteiger partial charge < -0.3 is 24.8 Å². The Morgan fingerprint density at radius 2 is 1.37 bits per heavy atom. The number of hydrogen-bond donors (Lipinski definition) is 1. The number of amides is 1. The smallest absolute Gasteiger partial charge is 1.00 e. The van der Waals surface area contributed by atoms with E-state index < -0.39 is 27.1 Å². The first-order chi connectivity index (χ1) is 16.2. The van der Waals surface area contributed by atoms with Crippen LogP contribution < -0.4 is 38.4 Å². The summed E-state index contributed by atoms with van der Waals surface area (Å²) in [5.74, 6) is -1.58. The van der Waals surface area contributed by atoms with Crippen molar-refractivity contribution in [2.45, 2.75) is 10.5 Å². The van der Waals surface area contributed by atoms with E-state index >= 15 is 0 Å². The molecule has 0 spiro atoms. The number of allylic oxidation sites excluding steroid dienone is 1. The summed E-state index contributed by atoms with van der Waals surface area (Å²) in [7, 11) is 0. The minimum absolute atomic E-state index is 0. The summed E-state index contributed by atoms with van der Waals surface area (Å²) < 4.78 is 4.04. The van der Waals surface area contributed by atoms with E-state index in [-0.39, 0.29) is 30.7 Å². The summed E-state index contributed by atoms with van der Waals surface area (Å²) in [4.78, 5) is 13.6. The molecule has 6 heteroatoms. The van der Waals surface area contributed by atoms with Crippen molar-refractivity contribution >= 4 is 28.3 Å². The van der Waals surface area contributed by atoms with Crippen LogP contribution in [0, 0.1) is 6.92 Å². The van der Waals surface area contributed by atoms with Gasteiger partial charge in [0.2, 0.25) is 0 Å². The predicted octanol–water partition coefficient (Wildman–Crippen LogP) is -1.43. The molecule has 4 aromatic carbocycles. The second-order valence-corrected chi connectivity index (χ2v) is 23.0. The maximum absolute atomic E-state index is 13.6. The Hall–Kier alpha value is -2.23. The predicted molar refractivity (Wildman–Crippen MR) is 136 cm³/mol. The molecule has 0 saturated carbocycles. The largest absolute Gasteiger partial charge is 1.00 e. The van der Waals surface area contributed by atoms with Gasteiger partial charge in [-0.3, -0.25) is 0 Å². The zero-order chi connectivity index (χ0) is 22.6. The number of nitrogens with one attached hydrogen (secondary N) is 1. The van der Waals surface area contributed by atoms with Gasteiger partial charge in [0.05, 0.1) is 0 Å². The van der Waals surface area contributed by atoms with Gasteiger partial charge in [-0.25, -0.2) is 0 Å². The fourth-order valence-corrected chi connectivity index (χ4v) is 25.4. The minimum atomic E-state index is -2.66. The number of aryl methyl sites for hydroxylation is 1. The second kappa shape index (κ2) is 12.6. The van der Waals surface area contributed by atoms with Gasteiger partial charge in [0.15, 0.2) is 0 Å². The second-order valence-electron chi connectivity index (χ2n) is 8.50. The van der Waals surface area contributed by atoms with Crippen LogP contribution in [0.5, 0.6) is 0 Å². The molecular weight excluding hydrogens is 569 g/mol. The number of rotatable bonds is 6. The first kappa shape index (κ1) is 27.4. The van der Waals surface area contributed by atoms with E-state index in [1.54, 1.807) is 0 Å². The van der Waals surface area contributed by atoms with E-state index in [0.29, 0.717) is 3.63 Å². The van der Waals surface area contributed by atoms with Gasteiger partial charge in [-0.1, -0.05) is 0 Å². The Bertz CT molecular complexity index is 1260. The number of benzene rings is 4. The van der Waals surface area contributed by atoms with Crippen molar-refractivity contribution in [2.75, 3.05) is 0 Å². The fourth-order valence-electron chi connectivity index (χ4n) is 4.68. The molecule has 1 amide bonds. The van der Waals surface area contributed by atoms with E-state index in [1.165, 1.54) is 21.5 Å². The average Bonchev–Trinajstić information content (AvgIpc) is 3.29. The number of carbonyl (C=O) groups is 1. The van der Waals surface area contributed by atoms with Crippen molar-refractivity contribution in [3.05, 3.63) is 138 Å². The topological polar surface area (TPSA) is 29.1 Å². The molecule has 175 valence electrons. The third kappa shape index (κ3) is 6.13. The quantitative estimate of drug-likeness (QED) is 0.273. The van der Waals surface area contributed by atoms with Gasteiger partial charge in [-0.2, -0.15) is 0 Å². The number of carbonyl (C=O) groups excluding carboxylic acids is 1. The summed E-state index contributed by atoms with van der Waals surface area (Å²) >= 11 is -2.66. The molecule has 1 aliphatic carbocycles. The van der Waals surface area contributed by atoms with Gasteiger partial charge >= 0.3 is 206 Å². The third-order valence-corrected chi connectivity index (χ3v) is 25.6. The first-order valence-electron chi connectivity index (χ1n) is 11.3. The number of halogens is 2. The van der Waals surface area contributed by atoms with Gasteiger partial charge in [-0.15, -0.1) is 0 Å². The Kier molecular flexibility index (Phi) is 9.89. The van der Waals surface area contributed by atoms with Crippen LogP contribution in [0.3, 0.4) is 0 Å². The van der Waals surface area contributed by atoms with Crippen LogP contribution >= 0.6 is 0 Å². The number of fused-ring (bicyclic) bond motifs is 1. The first-order valence-corrected chi connectivity index (χ1v) is 20.0. The average molecular weight is 595 g/mol. The molecule has 5 rings (SSSR count). The Labute approximate surface area is 229 Å². The van der Waals surface area contributed by atoms with E-state index in [4.69, 9.17) is 0 Å². The van der Waals surface area contributed by atoms with Gasteiger partial charge in [0, 0.05) is 0 Å². The standard InChI is InChI=1S/C12H11Si.C9H7.C8H9NO.2ClH.Zr/c1-3-7-11(8-4-1)13-12-9-5-2-6-10-12;1-2-5-9-7-3-6-8(9)4-1;1-6-3-2-4-7(5-6)8(9)10;;;/h1-10,13H;1-7H;2-5H,1H3,(H2,9,10);2*1H;/q;;;;;+3/p-3. The van der Waals surface area contributed by atoms with Gasteiger partial charge in [-0.05, 0) is 0 Å². The zero-order valence-corrected chi connectivity index (χ0v) is 24.5. The zero-order valence-electron chi connectivity index (χ0n) is 19.4. The maximum Gasteiger partial charge on any atom is -1.00 e. The van der Waals surface area contributed by atoms with Crippen molar-refractivity contribution in [2.24, 2.45) is 0 Å². The minimum Gasteiger partial charge on any atom is -1.00 e. The van der Waals surface area contributed by atoms with Gasteiger partial charge in [0.1, 0.15) is 0 Å². The van der Waals surface area contributed by atoms with Crippen LogP contribution in [-0.4, -0.2) is 11.8 Å². The molecule has 1 N–H and O–H groups in total. The van der Waals surface area contributed by atoms with E-state index in [0.717, 1.165) is 11.1 Å². The molecular formula is C29H26Cl2NOSiZr. The van der Waals surface area contributed by atoms with E-state index in [2.05, 4.69) is 100 Å². The van der Waals surface area contributed by atoms with Crippen LogP contribution in [-0.2, 0) is 21.2 Å². The molecule has 2 nitrogen and oxygen atoms in total. The monoisotopic (exact) mass is 592 g/mol. The summed E-state index contributed by atoms with van der Waals surface area (Å²) in [5.41, 5.74) is 4.54. The molecule has 0 fully saturated rings. The number of hydrogen-bond acceptors (Lipinski definition) is 1. The summed E-state index contributed by atoms with van der Waals surface area (Å²) in [6.45, 7) is 2.04. The van der Waals surface area contributed by atoms with Crippen molar-refractivity contribution in [3.8, 4) is 0 Å². The Morgan fingerprint density at radius 3 is 2.00 bits per heavy atom. The molecule has 35 heavy (non-hydrogen) atoms. The molecule has 1 unspecified atom stereocenters. The molecule has 4 aromatic rings. The van der Waals surface area contributed by atoms with Crippen LogP contribution in [0.25, 0.3) is 6.08 Å². The summed E-state index contributed by atoms with van der Waals surface area (Å²) in [6, 6.07) is 38.4. The van der Waals surface area contributed by atoms with Crippen LogP contribution in [0.2, 0.25) is 0 Å². The molecule has 1 atom stereocenters. The van der Waals surface area contributed by atoms with Crippen molar-refractivity contribution in [3.63, 3.8) is 0 Å². The molecule has 0 saturated heterocycles. The SMILES string of the molecule is Cc1cccc(C(=O)[NH][Zr+2]([CH]2C=Cc3ccccc32)[SiH](c2ccccc2)c2ccccc2)c1.[Cl-].[Cl-]. The van der Waals surface area contributed by atoms with E-state index in [9.17, 15) is 4.79 Å². The van der Waals surface area contributed by atoms with Crippen LogP contribution in [0.15, 0.2) is 115 Å².